The molecule has 0 amide bonds. The zero-order chi connectivity index (χ0) is 20.5. The van der Waals surface area contributed by atoms with E-state index in [2.05, 4.69) is 30.3 Å². The molecule has 0 aliphatic carbocycles. The van der Waals surface area contributed by atoms with Crippen molar-refractivity contribution in [1.82, 2.24) is 24.3 Å². The van der Waals surface area contributed by atoms with Crippen LogP contribution in [0, 0.1) is 0 Å². The van der Waals surface area contributed by atoms with E-state index in [9.17, 15) is 0 Å². The average Bonchev–Trinajstić information content (AvgIpc) is 3.09. The topological polar surface area (TPSA) is 64.8 Å². The van der Waals surface area contributed by atoms with Crippen molar-refractivity contribution in [2.45, 2.75) is 13.1 Å². The van der Waals surface area contributed by atoms with Crippen molar-refractivity contribution in [3.8, 4) is 23.1 Å². The minimum atomic E-state index is 0.367. The van der Waals surface area contributed by atoms with Gasteiger partial charge in [0.2, 0.25) is 0 Å². The summed E-state index contributed by atoms with van der Waals surface area (Å²) in [5.41, 5.74) is 4.05. The summed E-state index contributed by atoms with van der Waals surface area (Å²) in [6, 6.07) is 10.4. The Hall–Kier alpha value is -3.16. The first kappa shape index (κ1) is 18.8. The number of halogens is 1. The van der Waals surface area contributed by atoms with Gasteiger partial charge in [-0.05, 0) is 24.3 Å². The molecule has 1 aliphatic heterocycles. The fourth-order valence-corrected chi connectivity index (χ4v) is 4.03. The second-order valence-electron chi connectivity index (χ2n) is 7.16. The SMILES string of the molecule is COc1ncc(CN2CCOc3c(Cl)cc(-c4ncc5ccccn45)cc3C2)cn1. The third kappa shape index (κ3) is 3.58. The number of imidazole rings is 1. The molecule has 0 saturated carbocycles. The molecule has 0 fully saturated rings. The summed E-state index contributed by atoms with van der Waals surface area (Å²) in [6.07, 6.45) is 7.45. The van der Waals surface area contributed by atoms with Crippen LogP contribution in [-0.4, -0.2) is 44.5 Å². The molecule has 0 atom stereocenters. The van der Waals surface area contributed by atoms with E-state index in [-0.39, 0.29) is 0 Å². The van der Waals surface area contributed by atoms with Gasteiger partial charge in [0.1, 0.15) is 18.2 Å². The molecule has 5 rings (SSSR count). The molecule has 7 nitrogen and oxygen atoms in total. The zero-order valence-corrected chi connectivity index (χ0v) is 17.2. The lowest BCUT2D eigenvalue weighted by atomic mass is 10.1. The van der Waals surface area contributed by atoms with Crippen LogP contribution in [0.4, 0.5) is 0 Å². The Bertz CT molecular complexity index is 1190. The second kappa shape index (κ2) is 7.93. The highest BCUT2D eigenvalue weighted by Crippen LogP contribution is 2.36. The van der Waals surface area contributed by atoms with Crippen LogP contribution < -0.4 is 9.47 Å². The fraction of sp³-hybridized carbons (Fsp3) is 0.227. The number of methoxy groups -OCH3 is 1. The first-order valence-electron chi connectivity index (χ1n) is 9.66. The molecule has 0 spiro atoms. The molecule has 30 heavy (non-hydrogen) atoms. The Morgan fingerprint density at radius 2 is 2.00 bits per heavy atom. The number of pyridine rings is 1. The normalized spacial score (nSPS) is 14.2. The maximum Gasteiger partial charge on any atom is 0.316 e. The molecule has 152 valence electrons. The summed E-state index contributed by atoms with van der Waals surface area (Å²) in [5.74, 6) is 1.60. The van der Waals surface area contributed by atoms with Crippen LogP contribution in [0.15, 0.2) is 55.1 Å². The predicted octanol–water partition coefficient (Wildman–Crippen LogP) is 3.85. The third-order valence-corrected chi connectivity index (χ3v) is 5.42. The molecule has 4 heterocycles. The predicted molar refractivity (Wildman–Crippen MR) is 114 cm³/mol. The molecule has 0 radical (unpaired) electrons. The number of benzene rings is 1. The largest absolute Gasteiger partial charge is 0.490 e. The van der Waals surface area contributed by atoms with Gasteiger partial charge in [-0.25, -0.2) is 15.0 Å². The number of ether oxygens (including phenoxy) is 2. The lowest BCUT2D eigenvalue weighted by Gasteiger charge is -2.19. The highest BCUT2D eigenvalue weighted by atomic mass is 35.5. The van der Waals surface area contributed by atoms with Crippen LogP contribution in [-0.2, 0) is 13.1 Å². The Balaban J connectivity index is 1.46. The van der Waals surface area contributed by atoms with Gasteiger partial charge in [-0.1, -0.05) is 17.7 Å². The first-order chi connectivity index (χ1) is 14.7. The minimum absolute atomic E-state index is 0.367. The molecule has 8 heteroatoms. The Labute approximate surface area is 178 Å². The summed E-state index contributed by atoms with van der Waals surface area (Å²) in [6.45, 7) is 2.76. The van der Waals surface area contributed by atoms with Gasteiger partial charge in [-0.2, -0.15) is 0 Å². The second-order valence-corrected chi connectivity index (χ2v) is 7.57. The van der Waals surface area contributed by atoms with E-state index in [4.69, 9.17) is 21.1 Å². The van der Waals surface area contributed by atoms with Crippen molar-refractivity contribution in [1.29, 1.82) is 0 Å². The molecule has 1 aromatic carbocycles. The summed E-state index contributed by atoms with van der Waals surface area (Å²) in [7, 11) is 1.56. The van der Waals surface area contributed by atoms with Crippen molar-refractivity contribution >= 4 is 17.1 Å². The Morgan fingerprint density at radius 3 is 2.83 bits per heavy atom. The number of aromatic nitrogens is 4. The molecule has 4 aromatic rings. The average molecular weight is 422 g/mol. The van der Waals surface area contributed by atoms with Crippen LogP contribution in [0.2, 0.25) is 5.02 Å². The van der Waals surface area contributed by atoms with E-state index in [1.807, 2.05) is 36.7 Å². The van der Waals surface area contributed by atoms with Gasteiger partial charge >= 0.3 is 6.01 Å². The summed E-state index contributed by atoms with van der Waals surface area (Å²) >= 11 is 6.61. The maximum absolute atomic E-state index is 6.61. The number of nitrogens with zero attached hydrogens (tertiary/aromatic N) is 5. The molecule has 0 saturated heterocycles. The van der Waals surface area contributed by atoms with Crippen LogP contribution in [0.1, 0.15) is 11.1 Å². The standard InChI is InChI=1S/C22H20ClN5O2/c1-29-22-25-10-15(11-26-22)13-27-6-7-30-20-17(14-27)8-16(9-19(20)23)21-24-12-18-4-2-3-5-28(18)21/h2-5,8-12H,6-7,13-14H2,1H3. The number of hydrogen-bond donors (Lipinski definition) is 0. The van der Waals surface area contributed by atoms with Crippen molar-refractivity contribution in [3.63, 3.8) is 0 Å². The Kier molecular flexibility index (Phi) is 4.98. The lowest BCUT2D eigenvalue weighted by Crippen LogP contribution is -2.25. The van der Waals surface area contributed by atoms with E-state index in [1.165, 1.54) is 0 Å². The van der Waals surface area contributed by atoms with Gasteiger partial charge in [0.25, 0.3) is 0 Å². The van der Waals surface area contributed by atoms with Crippen molar-refractivity contribution in [2.75, 3.05) is 20.3 Å². The van der Waals surface area contributed by atoms with E-state index in [0.717, 1.165) is 40.3 Å². The summed E-state index contributed by atoms with van der Waals surface area (Å²) in [4.78, 5) is 15.3. The van der Waals surface area contributed by atoms with Gasteiger partial charge in [-0.3, -0.25) is 9.30 Å². The summed E-state index contributed by atoms with van der Waals surface area (Å²) < 4.78 is 13.1. The van der Waals surface area contributed by atoms with Crippen molar-refractivity contribution in [3.05, 3.63) is 71.3 Å². The fourth-order valence-electron chi connectivity index (χ4n) is 3.74. The van der Waals surface area contributed by atoms with E-state index in [0.29, 0.717) is 30.7 Å². The minimum Gasteiger partial charge on any atom is -0.490 e. The van der Waals surface area contributed by atoms with E-state index in [1.54, 1.807) is 19.5 Å². The lowest BCUT2D eigenvalue weighted by molar-refractivity contribution is 0.219. The van der Waals surface area contributed by atoms with Crippen molar-refractivity contribution in [2.24, 2.45) is 0 Å². The van der Waals surface area contributed by atoms with Crippen LogP contribution in [0.3, 0.4) is 0 Å². The molecule has 1 aliphatic rings. The van der Waals surface area contributed by atoms with Crippen LogP contribution in [0.5, 0.6) is 11.8 Å². The molecule has 0 unspecified atom stereocenters. The molecular formula is C22H20ClN5O2. The monoisotopic (exact) mass is 421 g/mol. The van der Waals surface area contributed by atoms with Crippen LogP contribution in [0.25, 0.3) is 16.9 Å². The molecular weight excluding hydrogens is 402 g/mol. The number of rotatable bonds is 4. The Morgan fingerprint density at radius 1 is 1.13 bits per heavy atom. The van der Waals surface area contributed by atoms with E-state index < -0.39 is 0 Å². The number of hydrogen-bond acceptors (Lipinski definition) is 6. The van der Waals surface area contributed by atoms with Gasteiger partial charge in [0, 0.05) is 54.9 Å². The highest BCUT2D eigenvalue weighted by molar-refractivity contribution is 6.32. The highest BCUT2D eigenvalue weighted by Gasteiger charge is 2.21. The smallest absolute Gasteiger partial charge is 0.316 e. The summed E-state index contributed by atoms with van der Waals surface area (Å²) in [5, 5.41) is 0.602. The van der Waals surface area contributed by atoms with Gasteiger partial charge in [-0.15, -0.1) is 0 Å². The quantitative estimate of drug-likeness (QED) is 0.498. The van der Waals surface area contributed by atoms with Gasteiger partial charge < -0.3 is 9.47 Å². The maximum atomic E-state index is 6.61. The van der Waals surface area contributed by atoms with Crippen LogP contribution >= 0.6 is 11.6 Å². The third-order valence-electron chi connectivity index (χ3n) is 5.14. The molecule has 3 aromatic heterocycles. The zero-order valence-electron chi connectivity index (χ0n) is 16.5. The van der Waals surface area contributed by atoms with Gasteiger partial charge in [0.05, 0.1) is 23.8 Å². The molecule has 0 N–H and O–H groups in total. The number of fused-ring (bicyclic) bond motifs is 2. The van der Waals surface area contributed by atoms with E-state index >= 15 is 0 Å². The molecule has 0 bridgehead atoms. The first-order valence-corrected chi connectivity index (χ1v) is 10.0. The van der Waals surface area contributed by atoms with Gasteiger partial charge in [0.15, 0.2) is 0 Å². The van der Waals surface area contributed by atoms with Crippen molar-refractivity contribution < 1.29 is 9.47 Å².